The molecule has 1 N–H and O–H groups in total. The molecule has 1 aliphatic rings. The van der Waals surface area contributed by atoms with E-state index >= 15 is 4.39 Å². The van der Waals surface area contributed by atoms with Crippen molar-refractivity contribution in [1.82, 2.24) is 38.6 Å². The number of halogens is 2. The van der Waals surface area contributed by atoms with Crippen LogP contribution in [0.25, 0.3) is 39.0 Å². The minimum Gasteiger partial charge on any atom is -0.351 e. The van der Waals surface area contributed by atoms with Crippen molar-refractivity contribution >= 4 is 27.7 Å². The van der Waals surface area contributed by atoms with Crippen LogP contribution in [0, 0.1) is 25.5 Å². The maximum Gasteiger partial charge on any atom is 0.338 e. The number of para-hydroxylation sites is 1. The van der Waals surface area contributed by atoms with Gasteiger partial charge in [-0.1, -0.05) is 18.2 Å². The predicted octanol–water partition coefficient (Wildman–Crippen LogP) is 5.28. The number of aromatic amines is 1. The van der Waals surface area contributed by atoms with Crippen molar-refractivity contribution in [2.75, 3.05) is 6.54 Å². The topological polar surface area (TPSA) is 98.7 Å². The van der Waals surface area contributed by atoms with E-state index in [1.165, 1.54) is 21.5 Å². The second-order valence-electron chi connectivity index (χ2n) is 11.7. The van der Waals surface area contributed by atoms with Gasteiger partial charge >= 0.3 is 5.69 Å². The van der Waals surface area contributed by atoms with Gasteiger partial charge in [-0.3, -0.25) is 18.6 Å². The number of H-pyrrole nitrogens is 1. The van der Waals surface area contributed by atoms with E-state index in [2.05, 4.69) is 10.1 Å². The summed E-state index contributed by atoms with van der Waals surface area (Å²) in [6, 6.07) is 16.1. The third-order valence-electron chi connectivity index (χ3n) is 8.83. The first kappa shape index (κ1) is 27.7. The van der Waals surface area contributed by atoms with E-state index in [9.17, 15) is 14.0 Å². The van der Waals surface area contributed by atoms with Gasteiger partial charge in [-0.05, 0) is 61.4 Å². The van der Waals surface area contributed by atoms with Crippen molar-refractivity contribution < 1.29 is 13.6 Å². The number of carbonyl (C=O) groups is 1. The van der Waals surface area contributed by atoms with E-state index in [1.807, 2.05) is 30.3 Å². The molecule has 0 radical (unpaired) electrons. The van der Waals surface area contributed by atoms with Gasteiger partial charge in [-0.25, -0.2) is 18.3 Å². The minimum atomic E-state index is -0.569. The molecule has 0 unspecified atom stereocenters. The number of imidazole rings is 1. The minimum absolute atomic E-state index is 0.0771. The van der Waals surface area contributed by atoms with Crippen LogP contribution in [0.5, 0.6) is 0 Å². The van der Waals surface area contributed by atoms with E-state index in [-0.39, 0.29) is 24.0 Å². The Morgan fingerprint density at radius 2 is 1.72 bits per heavy atom. The molecule has 46 heavy (non-hydrogen) atoms. The quantitative estimate of drug-likeness (QED) is 0.291. The fourth-order valence-electron chi connectivity index (χ4n) is 6.45. The SMILES string of the molecule is Cc1cc(-n2nc3c(c2-n2ccn(-c4ccc5c(cnn5C)c4F)c2=O)CN(C(=O)c2cc4ccccc4[nH]2)CC3)cc(C)c1F. The monoisotopic (exact) mass is 618 g/mol. The van der Waals surface area contributed by atoms with E-state index in [0.717, 1.165) is 16.6 Å². The van der Waals surface area contributed by atoms with Crippen LogP contribution in [-0.4, -0.2) is 51.0 Å². The Morgan fingerprint density at radius 1 is 0.957 bits per heavy atom. The molecular formula is C34H28F2N8O2. The highest BCUT2D eigenvalue weighted by atomic mass is 19.1. The predicted molar refractivity (Wildman–Crippen MR) is 169 cm³/mol. The first-order valence-corrected chi connectivity index (χ1v) is 14.9. The second kappa shape index (κ2) is 10.1. The number of rotatable bonds is 4. The maximum absolute atomic E-state index is 15.7. The molecule has 7 aromatic rings. The third kappa shape index (κ3) is 4.13. The van der Waals surface area contributed by atoms with E-state index < -0.39 is 11.5 Å². The molecule has 0 atom stereocenters. The summed E-state index contributed by atoms with van der Waals surface area (Å²) in [5.41, 5.74) is 4.31. The number of amides is 1. The van der Waals surface area contributed by atoms with Crippen molar-refractivity contribution in [3.05, 3.63) is 123 Å². The molecular weight excluding hydrogens is 590 g/mol. The number of aromatic nitrogens is 7. The molecule has 10 nitrogen and oxygen atoms in total. The summed E-state index contributed by atoms with van der Waals surface area (Å²) in [6.45, 7) is 3.96. The molecule has 0 bridgehead atoms. The number of benzene rings is 3. The van der Waals surface area contributed by atoms with E-state index in [0.29, 0.717) is 57.8 Å². The number of carbonyl (C=O) groups excluding carboxylic acids is 1. The number of hydrogen-bond donors (Lipinski definition) is 1. The number of nitrogens with zero attached hydrogens (tertiary/aromatic N) is 7. The van der Waals surface area contributed by atoms with Crippen LogP contribution in [0.2, 0.25) is 0 Å². The summed E-state index contributed by atoms with van der Waals surface area (Å²) in [6.07, 6.45) is 4.94. The van der Waals surface area contributed by atoms with Crippen molar-refractivity contribution in [2.24, 2.45) is 7.05 Å². The molecule has 4 aromatic heterocycles. The van der Waals surface area contributed by atoms with Crippen LogP contribution in [-0.2, 0) is 20.0 Å². The smallest absolute Gasteiger partial charge is 0.338 e. The van der Waals surface area contributed by atoms with Crippen LogP contribution in [0.1, 0.15) is 32.9 Å². The lowest BCUT2D eigenvalue weighted by atomic mass is 10.1. The first-order chi connectivity index (χ1) is 22.2. The van der Waals surface area contributed by atoms with Gasteiger partial charge in [0, 0.05) is 48.9 Å². The molecule has 5 heterocycles. The molecule has 0 saturated carbocycles. The number of fused-ring (bicyclic) bond motifs is 3. The molecule has 0 spiro atoms. The Morgan fingerprint density at radius 3 is 2.50 bits per heavy atom. The van der Waals surface area contributed by atoms with Crippen LogP contribution in [0.4, 0.5) is 8.78 Å². The molecule has 1 amide bonds. The highest BCUT2D eigenvalue weighted by Crippen LogP contribution is 2.30. The number of hydrogen-bond acceptors (Lipinski definition) is 4. The Bertz CT molecular complexity index is 2370. The van der Waals surface area contributed by atoms with Crippen LogP contribution < -0.4 is 5.69 Å². The van der Waals surface area contributed by atoms with Gasteiger partial charge in [0.25, 0.3) is 5.91 Å². The summed E-state index contributed by atoms with van der Waals surface area (Å²) in [5.74, 6) is -0.658. The average molecular weight is 619 g/mol. The van der Waals surface area contributed by atoms with Crippen molar-refractivity contribution in [2.45, 2.75) is 26.8 Å². The fourth-order valence-corrected chi connectivity index (χ4v) is 6.45. The molecule has 12 heteroatoms. The molecule has 0 fully saturated rings. The summed E-state index contributed by atoms with van der Waals surface area (Å²) in [5, 5.41) is 10.3. The first-order valence-electron chi connectivity index (χ1n) is 14.9. The standard InChI is InChI=1S/C34H28F2N8O2/c1-19-14-22(15-20(2)30(19)35)44-32(43-13-12-42(34(43)46)29-9-8-28-23(31(29)36)17-37-40(28)3)24-18-41(11-10-26(24)39-44)33(45)27-16-21-6-4-5-7-25(21)38-27/h4-9,12-17,38H,10-11,18H2,1-3H3. The molecule has 0 saturated heterocycles. The van der Waals surface area contributed by atoms with Gasteiger partial charge in [0.2, 0.25) is 0 Å². The van der Waals surface area contributed by atoms with Crippen LogP contribution in [0.3, 0.4) is 0 Å². The molecule has 0 aliphatic carbocycles. The lowest BCUT2D eigenvalue weighted by Crippen LogP contribution is -2.36. The van der Waals surface area contributed by atoms with E-state index in [4.69, 9.17) is 5.10 Å². The normalized spacial score (nSPS) is 13.2. The Hall–Kier alpha value is -5.78. The van der Waals surface area contributed by atoms with Gasteiger partial charge in [0.1, 0.15) is 17.3 Å². The number of nitrogens with one attached hydrogen (secondary N) is 1. The Kier molecular flexibility index (Phi) is 6.11. The molecule has 230 valence electrons. The zero-order valence-electron chi connectivity index (χ0n) is 25.3. The van der Waals surface area contributed by atoms with Gasteiger partial charge in [0.05, 0.1) is 40.7 Å². The van der Waals surface area contributed by atoms with Gasteiger partial charge in [0.15, 0.2) is 5.82 Å². The summed E-state index contributed by atoms with van der Waals surface area (Å²) in [7, 11) is 1.72. The van der Waals surface area contributed by atoms with Crippen LogP contribution >= 0.6 is 0 Å². The van der Waals surface area contributed by atoms with Gasteiger partial charge in [-0.15, -0.1) is 0 Å². The zero-order valence-corrected chi connectivity index (χ0v) is 25.3. The maximum atomic E-state index is 15.7. The molecule has 1 aliphatic heterocycles. The fraction of sp³-hybridized carbons (Fsp3) is 0.176. The third-order valence-corrected chi connectivity index (χ3v) is 8.83. The lowest BCUT2D eigenvalue weighted by Gasteiger charge is -2.26. The van der Waals surface area contributed by atoms with Crippen molar-refractivity contribution in [3.63, 3.8) is 0 Å². The zero-order chi connectivity index (χ0) is 31.9. The van der Waals surface area contributed by atoms with Gasteiger partial charge in [-0.2, -0.15) is 10.2 Å². The largest absolute Gasteiger partial charge is 0.351 e. The summed E-state index contributed by atoms with van der Waals surface area (Å²) >= 11 is 0. The summed E-state index contributed by atoms with van der Waals surface area (Å²) < 4.78 is 36.2. The second-order valence-corrected chi connectivity index (χ2v) is 11.7. The summed E-state index contributed by atoms with van der Waals surface area (Å²) in [4.78, 5) is 32.8. The highest BCUT2D eigenvalue weighted by molar-refractivity contribution is 5.98. The van der Waals surface area contributed by atoms with Crippen LogP contribution in [0.15, 0.2) is 78.0 Å². The van der Waals surface area contributed by atoms with E-state index in [1.54, 1.807) is 65.6 Å². The number of aryl methyl sites for hydroxylation is 3. The molecule has 3 aromatic carbocycles. The Balaban J connectivity index is 1.27. The van der Waals surface area contributed by atoms with Crippen molar-refractivity contribution in [3.8, 4) is 17.2 Å². The van der Waals surface area contributed by atoms with Crippen molar-refractivity contribution in [1.29, 1.82) is 0 Å². The molecule has 8 rings (SSSR count). The Labute approximate surface area is 260 Å². The average Bonchev–Trinajstić information content (AvgIpc) is 3.83. The van der Waals surface area contributed by atoms with Gasteiger partial charge < -0.3 is 9.88 Å². The lowest BCUT2D eigenvalue weighted by molar-refractivity contribution is 0.0729. The highest BCUT2D eigenvalue weighted by Gasteiger charge is 2.31.